The van der Waals surface area contributed by atoms with Gasteiger partial charge in [0.2, 0.25) is 0 Å². The predicted molar refractivity (Wildman–Crippen MR) is 72.8 cm³/mol. The molecule has 1 aromatic rings. The summed E-state index contributed by atoms with van der Waals surface area (Å²) in [7, 11) is 0. The molecule has 0 radical (unpaired) electrons. The minimum atomic E-state index is 0.207. The summed E-state index contributed by atoms with van der Waals surface area (Å²) in [5.74, 6) is 1.59. The molecule has 0 amide bonds. The number of hydrogen-bond donors (Lipinski definition) is 1. The molecule has 1 aliphatic heterocycles. The Balaban J connectivity index is 1.78. The number of rotatable bonds is 5. The molecule has 0 aliphatic carbocycles. The van der Waals surface area contributed by atoms with Crippen LogP contribution in [0, 0.1) is 5.92 Å². The first-order valence-corrected chi connectivity index (χ1v) is 6.79. The standard InChI is InChI=1S/C15H23NO2/c1-12(16)10-13-2-4-15(5-3-13)18-11-14-6-8-17-9-7-14/h2-5,12,14H,6-11,16H2,1H3. The highest BCUT2D eigenvalue weighted by molar-refractivity contribution is 5.27. The van der Waals surface area contributed by atoms with Crippen LogP contribution in [-0.4, -0.2) is 25.9 Å². The molecular formula is C15H23NO2. The first-order chi connectivity index (χ1) is 8.74. The minimum Gasteiger partial charge on any atom is -0.493 e. The Morgan fingerprint density at radius 1 is 1.28 bits per heavy atom. The normalized spacial score (nSPS) is 18.6. The molecule has 100 valence electrons. The molecule has 0 saturated carbocycles. The Morgan fingerprint density at radius 2 is 1.94 bits per heavy atom. The van der Waals surface area contributed by atoms with Crippen molar-refractivity contribution in [3.05, 3.63) is 29.8 Å². The number of ether oxygens (including phenoxy) is 2. The van der Waals surface area contributed by atoms with Gasteiger partial charge in [0.15, 0.2) is 0 Å². The molecular weight excluding hydrogens is 226 g/mol. The molecule has 18 heavy (non-hydrogen) atoms. The molecule has 1 heterocycles. The Bertz CT molecular complexity index is 342. The summed E-state index contributed by atoms with van der Waals surface area (Å²) >= 11 is 0. The Labute approximate surface area is 109 Å². The lowest BCUT2D eigenvalue weighted by Crippen LogP contribution is -2.21. The zero-order valence-corrected chi connectivity index (χ0v) is 11.1. The molecule has 1 aromatic carbocycles. The van der Waals surface area contributed by atoms with Gasteiger partial charge in [-0.3, -0.25) is 0 Å². The summed E-state index contributed by atoms with van der Waals surface area (Å²) in [6.07, 6.45) is 3.14. The second-order valence-electron chi connectivity index (χ2n) is 5.19. The lowest BCUT2D eigenvalue weighted by molar-refractivity contribution is 0.0497. The van der Waals surface area contributed by atoms with Gasteiger partial charge in [-0.15, -0.1) is 0 Å². The smallest absolute Gasteiger partial charge is 0.119 e. The molecule has 1 saturated heterocycles. The SMILES string of the molecule is CC(N)Cc1ccc(OCC2CCOCC2)cc1. The van der Waals surface area contributed by atoms with Crippen LogP contribution in [0.15, 0.2) is 24.3 Å². The van der Waals surface area contributed by atoms with Crippen molar-refractivity contribution in [1.82, 2.24) is 0 Å². The third-order valence-corrected chi connectivity index (χ3v) is 3.31. The van der Waals surface area contributed by atoms with Crippen molar-refractivity contribution in [1.29, 1.82) is 0 Å². The van der Waals surface area contributed by atoms with Gasteiger partial charge in [0, 0.05) is 19.3 Å². The van der Waals surface area contributed by atoms with E-state index >= 15 is 0 Å². The first-order valence-electron chi connectivity index (χ1n) is 6.79. The molecule has 3 nitrogen and oxygen atoms in total. The second kappa shape index (κ2) is 6.76. The molecule has 1 fully saturated rings. The summed E-state index contributed by atoms with van der Waals surface area (Å²) in [5, 5.41) is 0. The quantitative estimate of drug-likeness (QED) is 0.871. The van der Waals surface area contributed by atoms with Gasteiger partial charge in [0.1, 0.15) is 5.75 Å². The monoisotopic (exact) mass is 249 g/mol. The van der Waals surface area contributed by atoms with Crippen LogP contribution < -0.4 is 10.5 Å². The zero-order valence-electron chi connectivity index (χ0n) is 11.1. The Kier molecular flexibility index (Phi) is 5.02. The van der Waals surface area contributed by atoms with Gasteiger partial charge in [-0.1, -0.05) is 12.1 Å². The molecule has 1 unspecified atom stereocenters. The van der Waals surface area contributed by atoms with Crippen LogP contribution in [0.25, 0.3) is 0 Å². The molecule has 2 rings (SSSR count). The van der Waals surface area contributed by atoms with E-state index in [9.17, 15) is 0 Å². The van der Waals surface area contributed by atoms with Gasteiger partial charge in [-0.2, -0.15) is 0 Å². The largest absolute Gasteiger partial charge is 0.493 e. The Morgan fingerprint density at radius 3 is 2.56 bits per heavy atom. The van der Waals surface area contributed by atoms with Crippen LogP contribution in [0.4, 0.5) is 0 Å². The highest BCUT2D eigenvalue weighted by Crippen LogP contribution is 2.18. The average molecular weight is 249 g/mol. The molecule has 3 heteroatoms. The second-order valence-corrected chi connectivity index (χ2v) is 5.19. The van der Waals surface area contributed by atoms with Crippen molar-refractivity contribution in [2.24, 2.45) is 11.7 Å². The van der Waals surface area contributed by atoms with Crippen LogP contribution in [0.2, 0.25) is 0 Å². The van der Waals surface area contributed by atoms with E-state index in [0.29, 0.717) is 5.92 Å². The maximum atomic E-state index is 5.82. The van der Waals surface area contributed by atoms with Crippen molar-refractivity contribution in [2.45, 2.75) is 32.2 Å². The van der Waals surface area contributed by atoms with Crippen molar-refractivity contribution in [3.63, 3.8) is 0 Å². The van der Waals surface area contributed by atoms with Gasteiger partial charge in [0.05, 0.1) is 6.61 Å². The van der Waals surface area contributed by atoms with Gasteiger partial charge < -0.3 is 15.2 Å². The highest BCUT2D eigenvalue weighted by Gasteiger charge is 2.14. The molecule has 2 N–H and O–H groups in total. The van der Waals surface area contributed by atoms with Crippen LogP contribution in [0.1, 0.15) is 25.3 Å². The summed E-state index contributed by atoms with van der Waals surface area (Å²) in [5.41, 5.74) is 7.04. The maximum Gasteiger partial charge on any atom is 0.119 e. The van der Waals surface area contributed by atoms with E-state index < -0.39 is 0 Å². The van der Waals surface area contributed by atoms with E-state index in [4.69, 9.17) is 15.2 Å². The predicted octanol–water partition coefficient (Wildman–Crippen LogP) is 2.38. The van der Waals surface area contributed by atoms with Crippen molar-refractivity contribution in [3.8, 4) is 5.75 Å². The molecule has 1 atom stereocenters. The fourth-order valence-electron chi connectivity index (χ4n) is 2.22. The lowest BCUT2D eigenvalue weighted by Gasteiger charge is -2.22. The molecule has 1 aliphatic rings. The average Bonchev–Trinajstić information content (AvgIpc) is 2.38. The van der Waals surface area contributed by atoms with Crippen LogP contribution in [0.5, 0.6) is 5.75 Å². The topological polar surface area (TPSA) is 44.5 Å². The summed E-state index contributed by atoms with van der Waals surface area (Å²) in [6, 6.07) is 8.48. The van der Waals surface area contributed by atoms with Gasteiger partial charge >= 0.3 is 0 Å². The van der Waals surface area contributed by atoms with E-state index in [-0.39, 0.29) is 6.04 Å². The highest BCUT2D eigenvalue weighted by atomic mass is 16.5. The number of benzene rings is 1. The van der Waals surface area contributed by atoms with Gasteiger partial charge in [-0.25, -0.2) is 0 Å². The lowest BCUT2D eigenvalue weighted by atomic mass is 10.0. The third kappa shape index (κ3) is 4.31. The van der Waals surface area contributed by atoms with E-state index in [1.807, 2.05) is 19.1 Å². The zero-order chi connectivity index (χ0) is 12.8. The van der Waals surface area contributed by atoms with Gasteiger partial charge in [-0.05, 0) is 49.8 Å². The Hall–Kier alpha value is -1.06. The maximum absolute atomic E-state index is 5.82. The number of hydrogen-bond acceptors (Lipinski definition) is 3. The molecule has 0 spiro atoms. The first kappa shape index (κ1) is 13.4. The summed E-state index contributed by atoms with van der Waals surface area (Å²) < 4.78 is 11.2. The number of nitrogens with two attached hydrogens (primary N) is 1. The van der Waals surface area contributed by atoms with Crippen LogP contribution >= 0.6 is 0 Å². The van der Waals surface area contributed by atoms with Gasteiger partial charge in [0.25, 0.3) is 0 Å². The van der Waals surface area contributed by atoms with Crippen molar-refractivity contribution < 1.29 is 9.47 Å². The third-order valence-electron chi connectivity index (χ3n) is 3.31. The van der Waals surface area contributed by atoms with E-state index in [1.165, 1.54) is 5.56 Å². The fraction of sp³-hybridized carbons (Fsp3) is 0.600. The summed E-state index contributed by atoms with van der Waals surface area (Å²) in [6.45, 7) is 4.58. The summed E-state index contributed by atoms with van der Waals surface area (Å²) in [4.78, 5) is 0. The van der Waals surface area contributed by atoms with E-state index in [0.717, 1.165) is 44.8 Å². The van der Waals surface area contributed by atoms with Crippen LogP contribution in [-0.2, 0) is 11.2 Å². The minimum absolute atomic E-state index is 0.207. The van der Waals surface area contributed by atoms with Crippen molar-refractivity contribution >= 4 is 0 Å². The molecule has 0 bridgehead atoms. The van der Waals surface area contributed by atoms with E-state index in [2.05, 4.69) is 12.1 Å². The van der Waals surface area contributed by atoms with Crippen molar-refractivity contribution in [2.75, 3.05) is 19.8 Å². The molecule has 0 aromatic heterocycles. The fourth-order valence-corrected chi connectivity index (χ4v) is 2.22. The van der Waals surface area contributed by atoms with Crippen LogP contribution in [0.3, 0.4) is 0 Å². The van der Waals surface area contributed by atoms with E-state index in [1.54, 1.807) is 0 Å².